The van der Waals surface area contributed by atoms with Crippen molar-refractivity contribution in [2.24, 2.45) is 0 Å². The Labute approximate surface area is 122 Å². The van der Waals surface area contributed by atoms with Gasteiger partial charge in [-0.05, 0) is 12.1 Å². The molecule has 1 aromatic rings. The second kappa shape index (κ2) is 7.70. The first-order valence-electron chi connectivity index (χ1n) is 6.90. The van der Waals surface area contributed by atoms with Crippen LogP contribution in [0.5, 0.6) is 0 Å². The van der Waals surface area contributed by atoms with E-state index in [1.54, 1.807) is 0 Å². The first kappa shape index (κ1) is 15.4. The van der Waals surface area contributed by atoms with Crippen molar-refractivity contribution >= 4 is 11.9 Å². The van der Waals surface area contributed by atoms with Crippen molar-refractivity contribution in [3.05, 3.63) is 29.6 Å². The van der Waals surface area contributed by atoms with Crippen molar-refractivity contribution in [2.75, 3.05) is 32.8 Å². The third kappa shape index (κ3) is 5.13. The third-order valence-corrected chi connectivity index (χ3v) is 3.29. The predicted molar refractivity (Wildman–Crippen MR) is 74.9 cm³/mol. The predicted octanol–water partition coefficient (Wildman–Crippen LogP) is 0.118. The van der Waals surface area contributed by atoms with Crippen LogP contribution in [0.4, 0.5) is 0 Å². The quantitative estimate of drug-likeness (QED) is 0.774. The Morgan fingerprint density at radius 2 is 2.14 bits per heavy atom. The minimum absolute atomic E-state index is 0.0657. The number of rotatable bonds is 6. The lowest BCUT2D eigenvalue weighted by Crippen LogP contribution is -2.38. The van der Waals surface area contributed by atoms with Gasteiger partial charge in [-0.3, -0.25) is 14.7 Å². The first-order chi connectivity index (χ1) is 10.1. The molecular formula is C14H19N3O4. The zero-order chi connectivity index (χ0) is 15.1. The Balaban J connectivity index is 1.73. The number of carbonyl (C=O) groups is 2. The summed E-state index contributed by atoms with van der Waals surface area (Å²) in [6, 6.07) is 2.89. The number of aromatic carboxylic acids is 1. The van der Waals surface area contributed by atoms with E-state index in [0.717, 1.165) is 13.1 Å². The number of morpholine rings is 1. The fraction of sp³-hybridized carbons (Fsp3) is 0.500. The first-order valence-corrected chi connectivity index (χ1v) is 6.90. The van der Waals surface area contributed by atoms with Crippen LogP contribution in [0, 0.1) is 0 Å². The average Bonchev–Trinajstić information content (AvgIpc) is 2.52. The van der Waals surface area contributed by atoms with Crippen LogP contribution >= 0.6 is 0 Å². The van der Waals surface area contributed by atoms with Gasteiger partial charge in [-0.2, -0.15) is 0 Å². The van der Waals surface area contributed by atoms with Gasteiger partial charge in [0.25, 0.3) is 0 Å². The van der Waals surface area contributed by atoms with Gasteiger partial charge < -0.3 is 15.2 Å². The summed E-state index contributed by atoms with van der Waals surface area (Å²) in [6.45, 7) is 4.09. The zero-order valence-corrected chi connectivity index (χ0v) is 11.7. The van der Waals surface area contributed by atoms with Gasteiger partial charge in [-0.1, -0.05) is 0 Å². The maximum absolute atomic E-state index is 11.8. The van der Waals surface area contributed by atoms with Gasteiger partial charge in [0.15, 0.2) is 0 Å². The number of hydrogen-bond acceptors (Lipinski definition) is 5. The molecular weight excluding hydrogens is 274 g/mol. The molecule has 0 unspecified atom stereocenters. The number of amides is 1. The van der Waals surface area contributed by atoms with Crippen molar-refractivity contribution in [2.45, 2.75) is 13.0 Å². The third-order valence-electron chi connectivity index (χ3n) is 3.29. The Kier molecular flexibility index (Phi) is 5.65. The van der Waals surface area contributed by atoms with Crippen LogP contribution in [0.2, 0.25) is 0 Å². The maximum atomic E-state index is 11.8. The number of carbonyl (C=O) groups excluding carboxylic acids is 1. The number of aromatic nitrogens is 1. The van der Waals surface area contributed by atoms with E-state index in [4.69, 9.17) is 9.84 Å². The van der Waals surface area contributed by atoms with Crippen LogP contribution < -0.4 is 5.32 Å². The van der Waals surface area contributed by atoms with E-state index in [2.05, 4.69) is 15.2 Å². The number of carboxylic acid groups (broad SMARTS) is 1. The van der Waals surface area contributed by atoms with Gasteiger partial charge in [0.1, 0.15) is 0 Å². The number of nitrogens with one attached hydrogen (secondary N) is 1. The minimum atomic E-state index is -1.00. The summed E-state index contributed by atoms with van der Waals surface area (Å²) in [5.74, 6) is -1.07. The van der Waals surface area contributed by atoms with E-state index < -0.39 is 5.97 Å². The van der Waals surface area contributed by atoms with Crippen molar-refractivity contribution in [3.8, 4) is 0 Å². The molecule has 0 atom stereocenters. The molecule has 1 aromatic heterocycles. The summed E-state index contributed by atoms with van der Waals surface area (Å²) in [6.07, 6.45) is 1.84. The molecule has 2 rings (SSSR count). The molecule has 0 radical (unpaired) electrons. The number of hydrogen-bond donors (Lipinski definition) is 2. The van der Waals surface area contributed by atoms with Gasteiger partial charge in [-0.25, -0.2) is 4.79 Å². The molecule has 1 aliphatic heterocycles. The summed E-state index contributed by atoms with van der Waals surface area (Å²) in [7, 11) is 0. The lowest BCUT2D eigenvalue weighted by atomic mass is 10.2. The van der Waals surface area contributed by atoms with Gasteiger partial charge >= 0.3 is 5.97 Å². The summed E-state index contributed by atoms with van der Waals surface area (Å²) < 4.78 is 5.24. The molecule has 0 bridgehead atoms. The standard InChI is InChI=1S/C14H19N3O4/c18-13(2-4-17-5-7-21-8-6-17)16-10-12-9-11(14(19)20)1-3-15-12/h1,3,9H,2,4-8,10H2,(H,16,18)(H,19,20). The fourth-order valence-corrected chi connectivity index (χ4v) is 2.07. The minimum Gasteiger partial charge on any atom is -0.478 e. The molecule has 0 spiro atoms. The van der Waals surface area contributed by atoms with E-state index >= 15 is 0 Å². The molecule has 7 nitrogen and oxygen atoms in total. The Bertz CT molecular complexity index is 501. The summed E-state index contributed by atoms with van der Waals surface area (Å²) in [5.41, 5.74) is 0.706. The molecule has 1 amide bonds. The number of carboxylic acids is 1. The Hall–Kier alpha value is -1.99. The molecule has 114 valence electrons. The summed E-state index contributed by atoms with van der Waals surface area (Å²) in [4.78, 5) is 28.8. The van der Waals surface area contributed by atoms with Crippen molar-refractivity contribution in [3.63, 3.8) is 0 Å². The number of ether oxygens (including phenoxy) is 1. The number of nitrogens with zero attached hydrogens (tertiary/aromatic N) is 2. The van der Waals surface area contributed by atoms with E-state index in [1.807, 2.05) is 0 Å². The molecule has 2 N–H and O–H groups in total. The van der Waals surface area contributed by atoms with Gasteiger partial charge in [0.2, 0.25) is 5.91 Å². The highest BCUT2D eigenvalue weighted by molar-refractivity contribution is 5.87. The topological polar surface area (TPSA) is 91.8 Å². The lowest BCUT2D eigenvalue weighted by molar-refractivity contribution is -0.121. The van der Waals surface area contributed by atoms with Crippen LogP contribution in [-0.4, -0.2) is 59.7 Å². The van der Waals surface area contributed by atoms with Gasteiger partial charge in [-0.15, -0.1) is 0 Å². The van der Waals surface area contributed by atoms with E-state index in [-0.39, 0.29) is 18.0 Å². The van der Waals surface area contributed by atoms with Crippen LogP contribution in [-0.2, 0) is 16.1 Å². The normalized spacial score (nSPS) is 15.6. The molecule has 0 aromatic carbocycles. The molecule has 0 saturated carbocycles. The number of pyridine rings is 1. The van der Waals surface area contributed by atoms with Crippen LogP contribution in [0.25, 0.3) is 0 Å². The molecule has 2 heterocycles. The monoisotopic (exact) mass is 293 g/mol. The van der Waals surface area contributed by atoms with Gasteiger partial charge in [0.05, 0.1) is 31.0 Å². The molecule has 1 aliphatic rings. The van der Waals surface area contributed by atoms with Crippen LogP contribution in [0.1, 0.15) is 22.5 Å². The van der Waals surface area contributed by atoms with Crippen LogP contribution in [0.3, 0.4) is 0 Å². The largest absolute Gasteiger partial charge is 0.478 e. The maximum Gasteiger partial charge on any atom is 0.335 e. The van der Waals surface area contributed by atoms with E-state index in [9.17, 15) is 9.59 Å². The smallest absolute Gasteiger partial charge is 0.335 e. The van der Waals surface area contributed by atoms with Crippen molar-refractivity contribution < 1.29 is 19.4 Å². The van der Waals surface area contributed by atoms with E-state index in [1.165, 1.54) is 18.3 Å². The summed E-state index contributed by atoms with van der Waals surface area (Å²) in [5, 5.41) is 11.6. The Morgan fingerprint density at radius 3 is 2.86 bits per heavy atom. The molecule has 1 fully saturated rings. The SMILES string of the molecule is O=C(CCN1CCOCC1)NCc1cc(C(=O)O)ccn1. The highest BCUT2D eigenvalue weighted by atomic mass is 16.5. The van der Waals surface area contributed by atoms with Crippen LogP contribution in [0.15, 0.2) is 18.3 Å². The summed E-state index contributed by atoms with van der Waals surface area (Å²) >= 11 is 0. The molecule has 7 heteroatoms. The zero-order valence-electron chi connectivity index (χ0n) is 11.7. The second-order valence-corrected chi connectivity index (χ2v) is 4.82. The lowest BCUT2D eigenvalue weighted by Gasteiger charge is -2.26. The van der Waals surface area contributed by atoms with E-state index in [0.29, 0.717) is 31.9 Å². The van der Waals surface area contributed by atoms with Crippen molar-refractivity contribution in [1.82, 2.24) is 15.2 Å². The highest BCUT2D eigenvalue weighted by Crippen LogP contribution is 2.02. The average molecular weight is 293 g/mol. The van der Waals surface area contributed by atoms with Crippen molar-refractivity contribution in [1.29, 1.82) is 0 Å². The molecule has 1 saturated heterocycles. The molecule has 21 heavy (non-hydrogen) atoms. The second-order valence-electron chi connectivity index (χ2n) is 4.82. The fourth-order valence-electron chi connectivity index (χ4n) is 2.07. The van der Waals surface area contributed by atoms with Gasteiger partial charge in [0, 0.05) is 32.3 Å². The highest BCUT2D eigenvalue weighted by Gasteiger charge is 2.12. The molecule has 0 aliphatic carbocycles. The Morgan fingerprint density at radius 1 is 1.38 bits per heavy atom.